The lowest BCUT2D eigenvalue weighted by Gasteiger charge is -2.10. The number of Topliss-reactive ketones (excluding diaryl/α,β-unsaturated/α-hetero) is 2. The number of para-hydroxylation sites is 1. The first kappa shape index (κ1) is 21.0. The summed E-state index contributed by atoms with van der Waals surface area (Å²) in [6, 6.07) is 7.33. The molecule has 3 heterocycles. The molecule has 1 N–H and O–H groups in total. The van der Waals surface area contributed by atoms with Crippen molar-refractivity contribution >= 4 is 40.0 Å². The number of thioether (sulfide) groups is 1. The van der Waals surface area contributed by atoms with E-state index < -0.39 is 0 Å². The highest BCUT2D eigenvalue weighted by molar-refractivity contribution is 7.99. The number of aromatic amines is 1. The van der Waals surface area contributed by atoms with Gasteiger partial charge in [-0.25, -0.2) is 0 Å². The average molecular weight is 438 g/mol. The van der Waals surface area contributed by atoms with E-state index in [1.54, 1.807) is 24.5 Å². The highest BCUT2D eigenvalue weighted by Gasteiger charge is 2.22. The van der Waals surface area contributed by atoms with Crippen LogP contribution in [0.4, 0.5) is 0 Å². The van der Waals surface area contributed by atoms with Crippen LogP contribution in [0.5, 0.6) is 0 Å². The zero-order valence-electron chi connectivity index (χ0n) is 17.9. The lowest BCUT2D eigenvalue weighted by atomic mass is 10.1. The number of nitrogens with zero attached hydrogens (tertiary/aromatic N) is 4. The summed E-state index contributed by atoms with van der Waals surface area (Å²) in [5, 5.41) is 9.64. The molecule has 0 atom stereocenters. The van der Waals surface area contributed by atoms with Gasteiger partial charge in [0.15, 0.2) is 16.7 Å². The van der Waals surface area contributed by atoms with Crippen molar-refractivity contribution in [2.75, 3.05) is 5.75 Å². The molecule has 4 aromatic rings. The molecule has 0 unspecified atom stereocenters. The van der Waals surface area contributed by atoms with E-state index in [0.29, 0.717) is 50.9 Å². The van der Waals surface area contributed by atoms with E-state index in [2.05, 4.69) is 15.2 Å². The molecule has 0 aliphatic heterocycles. The van der Waals surface area contributed by atoms with Crippen LogP contribution in [0, 0.1) is 13.8 Å². The summed E-state index contributed by atoms with van der Waals surface area (Å²) in [5.74, 6) is 0.397. The van der Waals surface area contributed by atoms with E-state index in [0.717, 1.165) is 6.42 Å². The Balaban J connectivity index is 1.74. The third kappa shape index (κ3) is 3.48. The molecule has 9 heteroatoms. The minimum atomic E-state index is -0.124. The molecule has 1 aromatic carbocycles. The van der Waals surface area contributed by atoms with Crippen molar-refractivity contribution in [3.8, 4) is 0 Å². The summed E-state index contributed by atoms with van der Waals surface area (Å²) in [5.41, 5.74) is 2.98. The van der Waals surface area contributed by atoms with Crippen molar-refractivity contribution < 1.29 is 9.59 Å². The van der Waals surface area contributed by atoms with Crippen molar-refractivity contribution in [2.45, 2.75) is 45.8 Å². The van der Waals surface area contributed by atoms with Crippen molar-refractivity contribution in [2.24, 2.45) is 0 Å². The number of nitrogens with one attached hydrogen (secondary N) is 1. The first-order chi connectivity index (χ1) is 14.8. The molecule has 160 valence electrons. The molecule has 31 heavy (non-hydrogen) atoms. The predicted molar refractivity (Wildman–Crippen MR) is 120 cm³/mol. The highest BCUT2D eigenvalue weighted by Crippen LogP contribution is 2.24. The number of ketones is 2. The van der Waals surface area contributed by atoms with Gasteiger partial charge in [-0.1, -0.05) is 30.8 Å². The standard InChI is InChI=1S/C22H23N5O3S/c1-5-10-26-20(30)15-8-6-7-9-16(15)27-21(26)24-25-22(27)31-11-17(29)19-12(2)18(14(4)28)13(3)23-19/h6-9,23H,5,10-11H2,1-4H3. The average Bonchev–Trinajstić information content (AvgIpc) is 3.30. The number of rotatable bonds is 7. The molecule has 0 aliphatic carbocycles. The highest BCUT2D eigenvalue weighted by atomic mass is 32.2. The second-order valence-corrected chi connectivity index (χ2v) is 8.43. The monoisotopic (exact) mass is 437 g/mol. The number of H-pyrrole nitrogens is 1. The van der Waals surface area contributed by atoms with Gasteiger partial charge in [-0.15, -0.1) is 10.2 Å². The minimum absolute atomic E-state index is 0.0678. The van der Waals surface area contributed by atoms with Gasteiger partial charge in [-0.2, -0.15) is 0 Å². The number of fused-ring (bicyclic) bond motifs is 3. The molecule has 0 amide bonds. The third-order valence-corrected chi connectivity index (χ3v) is 6.26. The molecule has 0 saturated carbocycles. The fraction of sp³-hybridized carbons (Fsp3) is 0.318. The van der Waals surface area contributed by atoms with Gasteiger partial charge in [0.25, 0.3) is 5.56 Å². The van der Waals surface area contributed by atoms with Crippen LogP contribution in [-0.2, 0) is 6.54 Å². The fourth-order valence-electron chi connectivity index (χ4n) is 4.01. The Morgan fingerprint density at radius 3 is 2.58 bits per heavy atom. The van der Waals surface area contributed by atoms with Crippen LogP contribution in [0.15, 0.2) is 34.2 Å². The number of aryl methyl sites for hydroxylation is 2. The SMILES string of the molecule is CCCn1c(=O)c2ccccc2n2c(SCC(=O)c3[nH]c(C)c(C(C)=O)c3C)nnc12. The number of carbonyl (C=O) groups excluding carboxylic acids is 2. The Morgan fingerprint density at radius 2 is 1.90 bits per heavy atom. The number of carbonyl (C=O) groups is 2. The van der Waals surface area contributed by atoms with Gasteiger partial charge in [-0.05, 0) is 44.9 Å². The molecule has 4 rings (SSSR count). The zero-order valence-corrected chi connectivity index (χ0v) is 18.7. The quantitative estimate of drug-likeness (QED) is 0.350. The van der Waals surface area contributed by atoms with E-state index in [9.17, 15) is 14.4 Å². The smallest absolute Gasteiger partial charge is 0.262 e. The lowest BCUT2D eigenvalue weighted by Crippen LogP contribution is -2.23. The molecular weight excluding hydrogens is 414 g/mol. The molecule has 0 saturated heterocycles. The Bertz CT molecular complexity index is 1400. The summed E-state index contributed by atoms with van der Waals surface area (Å²) in [6.07, 6.45) is 0.783. The van der Waals surface area contributed by atoms with Crippen LogP contribution in [0.2, 0.25) is 0 Å². The van der Waals surface area contributed by atoms with Crippen LogP contribution >= 0.6 is 11.8 Å². The van der Waals surface area contributed by atoms with E-state index >= 15 is 0 Å². The van der Waals surface area contributed by atoms with Crippen molar-refractivity contribution in [1.82, 2.24) is 24.1 Å². The minimum Gasteiger partial charge on any atom is -0.355 e. The first-order valence-corrected chi connectivity index (χ1v) is 11.1. The second-order valence-electron chi connectivity index (χ2n) is 7.48. The molecule has 3 aromatic heterocycles. The van der Waals surface area contributed by atoms with E-state index in [1.807, 2.05) is 29.5 Å². The zero-order chi connectivity index (χ0) is 22.3. The predicted octanol–water partition coefficient (Wildman–Crippen LogP) is 3.58. The number of benzene rings is 1. The maximum absolute atomic E-state index is 12.9. The number of hydrogen-bond acceptors (Lipinski definition) is 6. The van der Waals surface area contributed by atoms with Crippen LogP contribution < -0.4 is 5.56 Å². The van der Waals surface area contributed by atoms with Gasteiger partial charge in [0.2, 0.25) is 5.78 Å². The first-order valence-electron chi connectivity index (χ1n) is 10.1. The molecule has 0 fully saturated rings. The van der Waals surface area contributed by atoms with Crippen molar-refractivity contribution in [3.05, 3.63) is 57.1 Å². The van der Waals surface area contributed by atoms with Gasteiger partial charge in [0, 0.05) is 17.8 Å². The Hall–Kier alpha value is -3.20. The van der Waals surface area contributed by atoms with Gasteiger partial charge < -0.3 is 4.98 Å². The van der Waals surface area contributed by atoms with Crippen LogP contribution in [-0.4, -0.2) is 41.5 Å². The summed E-state index contributed by atoms with van der Waals surface area (Å²) >= 11 is 1.26. The maximum Gasteiger partial charge on any atom is 0.262 e. The maximum atomic E-state index is 12.9. The lowest BCUT2D eigenvalue weighted by molar-refractivity contribution is 0.101. The Morgan fingerprint density at radius 1 is 1.16 bits per heavy atom. The van der Waals surface area contributed by atoms with Gasteiger partial charge in [-0.3, -0.25) is 23.4 Å². The van der Waals surface area contributed by atoms with Crippen molar-refractivity contribution in [3.63, 3.8) is 0 Å². The normalized spacial score (nSPS) is 11.5. The van der Waals surface area contributed by atoms with Crippen LogP contribution in [0.25, 0.3) is 16.7 Å². The molecule has 0 spiro atoms. The summed E-state index contributed by atoms with van der Waals surface area (Å²) in [7, 11) is 0. The van der Waals surface area contributed by atoms with Crippen LogP contribution in [0.3, 0.4) is 0 Å². The van der Waals surface area contributed by atoms with E-state index in [4.69, 9.17) is 0 Å². The summed E-state index contributed by atoms with van der Waals surface area (Å²) < 4.78 is 3.46. The second kappa shape index (κ2) is 8.14. The van der Waals surface area contributed by atoms with Gasteiger partial charge in [0.1, 0.15) is 0 Å². The third-order valence-electron chi connectivity index (χ3n) is 5.33. The number of aromatic nitrogens is 5. The molecule has 0 bridgehead atoms. The molecule has 0 radical (unpaired) electrons. The molecule has 8 nitrogen and oxygen atoms in total. The molecular formula is C22H23N5O3S. The van der Waals surface area contributed by atoms with Gasteiger partial charge >= 0.3 is 0 Å². The van der Waals surface area contributed by atoms with Crippen LogP contribution in [0.1, 0.15) is 52.4 Å². The van der Waals surface area contributed by atoms with Gasteiger partial charge in [0.05, 0.1) is 22.3 Å². The molecule has 0 aliphatic rings. The topological polar surface area (TPSA) is 102 Å². The van der Waals surface area contributed by atoms with E-state index in [-0.39, 0.29) is 22.9 Å². The Kier molecular flexibility index (Phi) is 5.53. The summed E-state index contributed by atoms with van der Waals surface area (Å²) in [6.45, 7) is 7.60. The Labute approximate surface area is 182 Å². The summed E-state index contributed by atoms with van der Waals surface area (Å²) in [4.78, 5) is 40.7. The largest absolute Gasteiger partial charge is 0.355 e. The number of hydrogen-bond donors (Lipinski definition) is 1. The fourth-order valence-corrected chi connectivity index (χ4v) is 4.82. The van der Waals surface area contributed by atoms with E-state index in [1.165, 1.54) is 18.7 Å². The van der Waals surface area contributed by atoms with Crippen molar-refractivity contribution in [1.29, 1.82) is 0 Å².